The summed E-state index contributed by atoms with van der Waals surface area (Å²) in [6, 6.07) is 2.75. The Kier molecular flexibility index (Phi) is 2.07. The second kappa shape index (κ2) is 3.02. The van der Waals surface area contributed by atoms with Crippen LogP contribution in [0.2, 0.25) is 0 Å². The monoisotopic (exact) mass is 198 g/mol. The summed E-state index contributed by atoms with van der Waals surface area (Å²) >= 11 is 0. The molecule has 0 aromatic heterocycles. The fourth-order valence-corrected chi connectivity index (χ4v) is 1.58. The number of aryl methyl sites for hydroxylation is 1. The predicted molar refractivity (Wildman–Crippen MR) is 48.9 cm³/mol. The normalized spacial score (nSPS) is 18.3. The Morgan fingerprint density at radius 1 is 1.36 bits per heavy atom. The lowest BCUT2D eigenvalue weighted by Gasteiger charge is -2.11. The average molecular weight is 198 g/mol. The Morgan fingerprint density at radius 3 is 2.50 bits per heavy atom. The zero-order valence-electron chi connectivity index (χ0n) is 7.98. The molecule has 0 aliphatic heterocycles. The van der Waals surface area contributed by atoms with Gasteiger partial charge >= 0.3 is 0 Å². The van der Waals surface area contributed by atoms with Crippen LogP contribution in [0.5, 0.6) is 0 Å². The Bertz CT molecular complexity index is 370. The van der Waals surface area contributed by atoms with Crippen molar-refractivity contribution in [1.29, 1.82) is 0 Å². The van der Waals surface area contributed by atoms with Crippen molar-refractivity contribution in [3.05, 3.63) is 34.9 Å². The first-order valence-electron chi connectivity index (χ1n) is 4.77. The van der Waals surface area contributed by atoms with E-state index in [1.54, 1.807) is 6.07 Å². The molecule has 0 heterocycles. The maximum Gasteiger partial charge on any atom is 0.164 e. The lowest BCUT2D eigenvalue weighted by molar-refractivity contribution is 0.145. The van der Waals surface area contributed by atoms with Crippen LogP contribution in [0.4, 0.5) is 8.78 Å². The highest BCUT2D eigenvalue weighted by molar-refractivity contribution is 5.34. The topological polar surface area (TPSA) is 20.2 Å². The molecule has 76 valence electrons. The Labute approximate surface area is 81.4 Å². The van der Waals surface area contributed by atoms with E-state index >= 15 is 0 Å². The molecule has 0 spiro atoms. The van der Waals surface area contributed by atoms with Crippen LogP contribution in [0.3, 0.4) is 0 Å². The van der Waals surface area contributed by atoms with Crippen LogP contribution in [0, 0.1) is 11.6 Å². The molecular weight excluding hydrogens is 186 g/mol. The van der Waals surface area contributed by atoms with E-state index in [0.717, 1.165) is 5.56 Å². The van der Waals surface area contributed by atoms with Crippen LogP contribution >= 0.6 is 0 Å². The maximum absolute atomic E-state index is 13.3. The minimum atomic E-state index is -1.10. The molecule has 3 heteroatoms. The van der Waals surface area contributed by atoms with Gasteiger partial charge in [0, 0.05) is 5.56 Å². The molecule has 0 amide bonds. The van der Waals surface area contributed by atoms with Crippen molar-refractivity contribution in [3.8, 4) is 0 Å². The van der Waals surface area contributed by atoms with Crippen molar-refractivity contribution in [2.75, 3.05) is 0 Å². The molecule has 1 saturated carbocycles. The lowest BCUT2D eigenvalue weighted by Crippen LogP contribution is -2.09. The molecule has 1 aliphatic rings. The van der Waals surface area contributed by atoms with Gasteiger partial charge in [0.05, 0.1) is 5.60 Å². The van der Waals surface area contributed by atoms with Gasteiger partial charge in [-0.3, -0.25) is 0 Å². The third-order valence-electron chi connectivity index (χ3n) is 2.72. The van der Waals surface area contributed by atoms with Crippen LogP contribution in [0.15, 0.2) is 12.1 Å². The van der Waals surface area contributed by atoms with Gasteiger partial charge in [-0.25, -0.2) is 8.78 Å². The van der Waals surface area contributed by atoms with Crippen LogP contribution < -0.4 is 0 Å². The summed E-state index contributed by atoms with van der Waals surface area (Å²) in [4.78, 5) is 0. The van der Waals surface area contributed by atoms with Gasteiger partial charge in [0.15, 0.2) is 11.6 Å². The minimum Gasteiger partial charge on any atom is -0.385 e. The lowest BCUT2D eigenvalue weighted by atomic mass is 10.0. The van der Waals surface area contributed by atoms with Crippen molar-refractivity contribution in [2.45, 2.75) is 31.8 Å². The third kappa shape index (κ3) is 1.42. The summed E-state index contributed by atoms with van der Waals surface area (Å²) in [6.45, 7) is 1.87. The fraction of sp³-hybridized carbons (Fsp3) is 0.455. The number of halogens is 2. The molecule has 0 atom stereocenters. The fourth-order valence-electron chi connectivity index (χ4n) is 1.58. The molecule has 0 unspecified atom stereocenters. The van der Waals surface area contributed by atoms with Crippen molar-refractivity contribution in [3.63, 3.8) is 0 Å². The average Bonchev–Trinajstić information content (AvgIpc) is 2.89. The number of aliphatic hydroxyl groups is 1. The Balaban J connectivity index is 2.52. The van der Waals surface area contributed by atoms with Crippen molar-refractivity contribution in [2.24, 2.45) is 0 Å². The van der Waals surface area contributed by atoms with Crippen molar-refractivity contribution in [1.82, 2.24) is 0 Å². The number of hydrogen-bond donors (Lipinski definition) is 1. The van der Waals surface area contributed by atoms with Gasteiger partial charge in [-0.15, -0.1) is 0 Å². The summed E-state index contributed by atoms with van der Waals surface area (Å²) in [5.41, 5.74) is -0.260. The molecule has 0 radical (unpaired) electrons. The van der Waals surface area contributed by atoms with E-state index in [2.05, 4.69) is 0 Å². The van der Waals surface area contributed by atoms with Gasteiger partial charge in [0.25, 0.3) is 0 Å². The van der Waals surface area contributed by atoms with Crippen LogP contribution in [0.1, 0.15) is 30.9 Å². The van der Waals surface area contributed by atoms with E-state index in [-0.39, 0.29) is 5.56 Å². The second-order valence-electron chi connectivity index (χ2n) is 3.82. The van der Waals surface area contributed by atoms with Gasteiger partial charge in [-0.05, 0) is 37.0 Å². The third-order valence-corrected chi connectivity index (χ3v) is 2.72. The smallest absolute Gasteiger partial charge is 0.164 e. The first-order chi connectivity index (χ1) is 6.57. The highest BCUT2D eigenvalue weighted by atomic mass is 19.2. The minimum absolute atomic E-state index is 0.120. The van der Waals surface area contributed by atoms with Gasteiger partial charge < -0.3 is 5.11 Å². The Hall–Kier alpha value is -0.960. The number of benzene rings is 1. The van der Waals surface area contributed by atoms with E-state index in [1.807, 2.05) is 6.92 Å². The standard InChI is InChI=1S/C11H12F2O/c1-2-7-5-8(11(14)3-4-11)10(13)9(12)6-7/h5-6,14H,2-4H2,1H3. The van der Waals surface area contributed by atoms with E-state index in [4.69, 9.17) is 0 Å². The summed E-state index contributed by atoms with van der Waals surface area (Å²) < 4.78 is 26.4. The quantitative estimate of drug-likeness (QED) is 0.774. The molecule has 1 aliphatic carbocycles. The predicted octanol–water partition coefficient (Wildman–Crippen LogP) is 2.51. The number of hydrogen-bond acceptors (Lipinski definition) is 1. The SMILES string of the molecule is CCc1cc(F)c(F)c(C2(O)CC2)c1. The molecule has 0 saturated heterocycles. The molecule has 1 aromatic carbocycles. The molecular formula is C11H12F2O. The highest BCUT2D eigenvalue weighted by Gasteiger charge is 2.44. The highest BCUT2D eigenvalue weighted by Crippen LogP contribution is 2.46. The summed E-state index contributed by atoms with van der Waals surface area (Å²) in [7, 11) is 0. The summed E-state index contributed by atoms with van der Waals surface area (Å²) in [5.74, 6) is -1.76. The van der Waals surface area contributed by atoms with Gasteiger partial charge in [0.1, 0.15) is 0 Å². The second-order valence-corrected chi connectivity index (χ2v) is 3.82. The summed E-state index contributed by atoms with van der Waals surface area (Å²) in [5, 5.41) is 9.72. The molecule has 1 N–H and O–H groups in total. The van der Waals surface area contributed by atoms with E-state index in [1.165, 1.54) is 6.07 Å². The Morgan fingerprint density at radius 2 is 2.00 bits per heavy atom. The molecule has 1 nitrogen and oxygen atoms in total. The molecule has 2 rings (SSSR count). The first-order valence-corrected chi connectivity index (χ1v) is 4.77. The van der Waals surface area contributed by atoms with Gasteiger partial charge in [-0.1, -0.05) is 6.92 Å². The van der Waals surface area contributed by atoms with Crippen LogP contribution in [-0.2, 0) is 12.0 Å². The molecule has 1 fully saturated rings. The van der Waals surface area contributed by atoms with Gasteiger partial charge in [-0.2, -0.15) is 0 Å². The zero-order valence-corrected chi connectivity index (χ0v) is 7.98. The molecule has 0 bridgehead atoms. The van der Waals surface area contributed by atoms with E-state index < -0.39 is 17.2 Å². The van der Waals surface area contributed by atoms with Crippen molar-refractivity contribution >= 4 is 0 Å². The maximum atomic E-state index is 13.3. The van der Waals surface area contributed by atoms with E-state index in [9.17, 15) is 13.9 Å². The van der Waals surface area contributed by atoms with Crippen LogP contribution in [-0.4, -0.2) is 5.11 Å². The van der Waals surface area contributed by atoms with Crippen LogP contribution in [0.25, 0.3) is 0 Å². The van der Waals surface area contributed by atoms with Gasteiger partial charge in [0.2, 0.25) is 0 Å². The number of rotatable bonds is 2. The van der Waals surface area contributed by atoms with Crippen molar-refractivity contribution < 1.29 is 13.9 Å². The van der Waals surface area contributed by atoms with E-state index in [0.29, 0.717) is 19.3 Å². The zero-order chi connectivity index (χ0) is 10.3. The first kappa shape index (κ1) is 9.59. The largest absolute Gasteiger partial charge is 0.385 e. The molecule has 14 heavy (non-hydrogen) atoms. The molecule has 1 aromatic rings. The summed E-state index contributed by atoms with van der Waals surface area (Å²) in [6.07, 6.45) is 1.69.